The van der Waals surface area contributed by atoms with Gasteiger partial charge in [0.1, 0.15) is 23.0 Å². The molecule has 0 aliphatic carbocycles. The van der Waals surface area contributed by atoms with Crippen LogP contribution in [0.3, 0.4) is 0 Å². The van der Waals surface area contributed by atoms with Gasteiger partial charge in [0.25, 0.3) is 5.91 Å². The SMILES string of the molecule is COc1cc(OC)cc(C(=O)Nc2ccc(OC)c(C)c2OC)c1. The number of methoxy groups -OCH3 is 4. The van der Waals surface area contributed by atoms with Gasteiger partial charge in [-0.3, -0.25) is 4.79 Å². The van der Waals surface area contributed by atoms with Crippen molar-refractivity contribution in [1.29, 1.82) is 0 Å². The van der Waals surface area contributed by atoms with Crippen molar-refractivity contribution in [3.63, 3.8) is 0 Å². The molecule has 0 radical (unpaired) electrons. The summed E-state index contributed by atoms with van der Waals surface area (Å²) in [6.45, 7) is 1.86. The molecule has 2 rings (SSSR count). The molecule has 0 fully saturated rings. The number of benzene rings is 2. The summed E-state index contributed by atoms with van der Waals surface area (Å²) in [7, 11) is 6.20. The Hall–Kier alpha value is -2.89. The van der Waals surface area contributed by atoms with Crippen LogP contribution in [-0.2, 0) is 0 Å². The highest BCUT2D eigenvalue weighted by Crippen LogP contribution is 2.35. The lowest BCUT2D eigenvalue weighted by Crippen LogP contribution is -2.13. The molecule has 6 heteroatoms. The molecule has 0 heterocycles. The van der Waals surface area contributed by atoms with Crippen molar-refractivity contribution in [1.82, 2.24) is 0 Å². The number of amides is 1. The summed E-state index contributed by atoms with van der Waals surface area (Å²) in [6.07, 6.45) is 0. The van der Waals surface area contributed by atoms with Crippen LogP contribution in [0.5, 0.6) is 23.0 Å². The molecule has 128 valence electrons. The third-order valence-corrected chi connectivity index (χ3v) is 3.64. The molecule has 1 amide bonds. The number of hydrogen-bond acceptors (Lipinski definition) is 5. The number of nitrogens with one attached hydrogen (secondary N) is 1. The van der Waals surface area contributed by atoms with E-state index < -0.39 is 0 Å². The van der Waals surface area contributed by atoms with E-state index in [1.807, 2.05) is 6.92 Å². The zero-order valence-corrected chi connectivity index (χ0v) is 14.4. The van der Waals surface area contributed by atoms with Gasteiger partial charge in [0.05, 0.1) is 34.1 Å². The maximum atomic E-state index is 12.6. The second-order valence-corrected chi connectivity index (χ2v) is 5.03. The van der Waals surface area contributed by atoms with Crippen LogP contribution < -0.4 is 24.3 Å². The zero-order valence-electron chi connectivity index (χ0n) is 14.4. The van der Waals surface area contributed by atoms with Crippen LogP contribution in [0.1, 0.15) is 15.9 Å². The molecule has 2 aromatic carbocycles. The van der Waals surface area contributed by atoms with Gasteiger partial charge in [0.15, 0.2) is 0 Å². The van der Waals surface area contributed by atoms with Gasteiger partial charge in [-0.05, 0) is 31.2 Å². The largest absolute Gasteiger partial charge is 0.497 e. The number of rotatable bonds is 6. The Labute approximate surface area is 141 Å². The molecule has 0 saturated heterocycles. The van der Waals surface area contributed by atoms with Gasteiger partial charge in [0.2, 0.25) is 0 Å². The molecule has 1 N–H and O–H groups in total. The number of anilines is 1. The van der Waals surface area contributed by atoms with Crippen molar-refractivity contribution in [3.8, 4) is 23.0 Å². The number of carbonyl (C=O) groups excluding carboxylic acids is 1. The van der Waals surface area contributed by atoms with Crippen LogP contribution >= 0.6 is 0 Å². The quantitative estimate of drug-likeness (QED) is 0.880. The van der Waals surface area contributed by atoms with E-state index in [1.54, 1.807) is 44.6 Å². The lowest BCUT2D eigenvalue weighted by Gasteiger charge is -2.15. The van der Waals surface area contributed by atoms with Crippen LogP contribution in [-0.4, -0.2) is 34.3 Å². The Balaban J connectivity index is 2.35. The first kappa shape index (κ1) is 17.5. The third-order valence-electron chi connectivity index (χ3n) is 3.64. The van der Waals surface area contributed by atoms with E-state index in [2.05, 4.69) is 5.32 Å². The average molecular weight is 331 g/mol. The van der Waals surface area contributed by atoms with E-state index >= 15 is 0 Å². The van der Waals surface area contributed by atoms with E-state index in [9.17, 15) is 4.79 Å². The van der Waals surface area contributed by atoms with E-state index in [-0.39, 0.29) is 5.91 Å². The first-order valence-corrected chi connectivity index (χ1v) is 7.30. The van der Waals surface area contributed by atoms with E-state index in [1.165, 1.54) is 14.2 Å². The minimum atomic E-state index is -0.296. The van der Waals surface area contributed by atoms with Crippen LogP contribution in [0.25, 0.3) is 0 Å². The van der Waals surface area contributed by atoms with E-state index in [0.29, 0.717) is 34.2 Å². The zero-order chi connectivity index (χ0) is 17.7. The van der Waals surface area contributed by atoms with Gasteiger partial charge < -0.3 is 24.3 Å². The van der Waals surface area contributed by atoms with Gasteiger partial charge in [-0.15, -0.1) is 0 Å². The standard InChI is InChI=1S/C18H21NO5/c1-11-16(23-4)7-6-15(17(11)24-5)19-18(20)12-8-13(21-2)10-14(9-12)22-3/h6-10H,1-5H3,(H,19,20). The molecule has 0 saturated carbocycles. The van der Waals surface area contributed by atoms with Gasteiger partial charge in [0, 0.05) is 17.2 Å². The predicted molar refractivity (Wildman–Crippen MR) is 91.8 cm³/mol. The fraction of sp³-hybridized carbons (Fsp3) is 0.278. The molecule has 0 aliphatic heterocycles. The fourth-order valence-electron chi connectivity index (χ4n) is 2.39. The monoisotopic (exact) mass is 331 g/mol. The molecule has 0 bridgehead atoms. The Morgan fingerprint density at radius 1 is 0.875 bits per heavy atom. The maximum absolute atomic E-state index is 12.6. The van der Waals surface area contributed by atoms with Crippen molar-refractivity contribution in [2.24, 2.45) is 0 Å². The number of hydrogen-bond donors (Lipinski definition) is 1. The Kier molecular flexibility index (Phi) is 5.52. The van der Waals surface area contributed by atoms with Gasteiger partial charge >= 0.3 is 0 Å². The molecule has 0 aromatic heterocycles. The summed E-state index contributed by atoms with van der Waals surface area (Å²) >= 11 is 0. The summed E-state index contributed by atoms with van der Waals surface area (Å²) in [5.41, 5.74) is 1.78. The van der Waals surface area contributed by atoms with Crippen molar-refractivity contribution in [2.75, 3.05) is 33.8 Å². The van der Waals surface area contributed by atoms with E-state index in [4.69, 9.17) is 18.9 Å². The average Bonchev–Trinajstić information content (AvgIpc) is 2.61. The number of ether oxygens (including phenoxy) is 4. The lowest BCUT2D eigenvalue weighted by molar-refractivity contribution is 0.102. The minimum absolute atomic E-state index is 0.296. The molecule has 6 nitrogen and oxygen atoms in total. The molecule has 2 aromatic rings. The Morgan fingerprint density at radius 2 is 1.50 bits per heavy atom. The Morgan fingerprint density at radius 3 is 2.00 bits per heavy atom. The molecule has 24 heavy (non-hydrogen) atoms. The van der Waals surface area contributed by atoms with Crippen molar-refractivity contribution in [3.05, 3.63) is 41.5 Å². The molecule has 0 unspecified atom stereocenters. The number of carbonyl (C=O) groups is 1. The lowest BCUT2D eigenvalue weighted by atomic mass is 10.1. The highest BCUT2D eigenvalue weighted by molar-refractivity contribution is 6.05. The van der Waals surface area contributed by atoms with Gasteiger partial charge in [-0.1, -0.05) is 0 Å². The maximum Gasteiger partial charge on any atom is 0.256 e. The molecule has 0 atom stereocenters. The topological polar surface area (TPSA) is 66.0 Å². The summed E-state index contributed by atoms with van der Waals surface area (Å²) in [5.74, 6) is 2.02. The summed E-state index contributed by atoms with van der Waals surface area (Å²) in [5, 5.41) is 2.84. The predicted octanol–water partition coefficient (Wildman–Crippen LogP) is 3.28. The summed E-state index contributed by atoms with van der Waals surface area (Å²) < 4.78 is 21.0. The van der Waals surface area contributed by atoms with Crippen LogP contribution in [0.15, 0.2) is 30.3 Å². The molecule has 0 spiro atoms. The third kappa shape index (κ3) is 3.53. The summed E-state index contributed by atoms with van der Waals surface area (Å²) in [4.78, 5) is 12.6. The van der Waals surface area contributed by atoms with Gasteiger partial charge in [-0.25, -0.2) is 0 Å². The van der Waals surface area contributed by atoms with Crippen LogP contribution in [0, 0.1) is 6.92 Å². The normalized spacial score (nSPS) is 10.0. The first-order valence-electron chi connectivity index (χ1n) is 7.30. The summed E-state index contributed by atoms with van der Waals surface area (Å²) in [6, 6.07) is 8.50. The second kappa shape index (κ2) is 7.59. The van der Waals surface area contributed by atoms with Gasteiger partial charge in [-0.2, -0.15) is 0 Å². The Bertz CT molecular complexity index is 720. The smallest absolute Gasteiger partial charge is 0.256 e. The first-order chi connectivity index (χ1) is 11.5. The van der Waals surface area contributed by atoms with Crippen molar-refractivity contribution < 1.29 is 23.7 Å². The van der Waals surface area contributed by atoms with Crippen molar-refractivity contribution >= 4 is 11.6 Å². The fourth-order valence-corrected chi connectivity index (χ4v) is 2.39. The van der Waals surface area contributed by atoms with Crippen LogP contribution in [0.4, 0.5) is 5.69 Å². The molecular formula is C18H21NO5. The molecular weight excluding hydrogens is 310 g/mol. The van der Waals surface area contributed by atoms with Crippen LogP contribution in [0.2, 0.25) is 0 Å². The highest BCUT2D eigenvalue weighted by Gasteiger charge is 2.16. The highest BCUT2D eigenvalue weighted by atomic mass is 16.5. The van der Waals surface area contributed by atoms with E-state index in [0.717, 1.165) is 5.56 Å². The molecule has 0 aliphatic rings. The second-order valence-electron chi connectivity index (χ2n) is 5.03. The minimum Gasteiger partial charge on any atom is -0.497 e. The van der Waals surface area contributed by atoms with Crippen molar-refractivity contribution in [2.45, 2.75) is 6.92 Å².